The third-order valence-electron chi connectivity index (χ3n) is 5.31. The molecule has 2 fully saturated rings. The molecule has 2 saturated heterocycles. The lowest BCUT2D eigenvalue weighted by molar-refractivity contribution is -0.120. The zero-order chi connectivity index (χ0) is 20.0. The van der Waals surface area contributed by atoms with Crippen LogP contribution in [0.2, 0.25) is 0 Å². The molecule has 0 spiro atoms. The number of nitrogens with one attached hydrogen (secondary N) is 1. The number of benzene rings is 1. The average Bonchev–Trinajstić information content (AvgIpc) is 2.69. The van der Waals surface area contributed by atoms with E-state index >= 15 is 0 Å². The number of piperidine rings is 1. The maximum absolute atomic E-state index is 12.7. The summed E-state index contributed by atoms with van der Waals surface area (Å²) in [6, 6.07) is 7.89. The number of sulfonamides is 1. The Labute approximate surface area is 168 Å². The summed E-state index contributed by atoms with van der Waals surface area (Å²) in [7, 11) is -3.26. The van der Waals surface area contributed by atoms with Crippen LogP contribution in [0.5, 0.6) is 0 Å². The monoisotopic (exact) mass is 409 g/mol. The number of rotatable bonds is 7. The molecule has 1 atom stereocenters. The number of morpholine rings is 1. The highest BCUT2D eigenvalue weighted by molar-refractivity contribution is 7.89. The van der Waals surface area contributed by atoms with Crippen LogP contribution in [0.4, 0.5) is 5.69 Å². The van der Waals surface area contributed by atoms with Crippen molar-refractivity contribution in [2.75, 3.05) is 50.5 Å². The highest BCUT2D eigenvalue weighted by Crippen LogP contribution is 2.22. The highest BCUT2D eigenvalue weighted by atomic mass is 32.2. The minimum Gasteiger partial charge on any atom is -0.379 e. The van der Waals surface area contributed by atoms with E-state index in [9.17, 15) is 13.2 Å². The average molecular weight is 410 g/mol. The van der Waals surface area contributed by atoms with Gasteiger partial charge >= 0.3 is 0 Å². The van der Waals surface area contributed by atoms with Gasteiger partial charge in [-0.05, 0) is 37.0 Å². The van der Waals surface area contributed by atoms with Crippen LogP contribution in [-0.4, -0.2) is 68.7 Å². The van der Waals surface area contributed by atoms with Crippen LogP contribution in [0, 0.1) is 5.92 Å². The van der Waals surface area contributed by atoms with Crippen LogP contribution in [0.25, 0.3) is 0 Å². The van der Waals surface area contributed by atoms with Gasteiger partial charge in [0.1, 0.15) is 0 Å². The van der Waals surface area contributed by atoms with Gasteiger partial charge in [0.2, 0.25) is 15.9 Å². The lowest BCUT2D eigenvalue weighted by Crippen LogP contribution is -2.44. The van der Waals surface area contributed by atoms with Gasteiger partial charge in [-0.2, -0.15) is 0 Å². The zero-order valence-corrected chi connectivity index (χ0v) is 17.4. The van der Waals surface area contributed by atoms with E-state index in [1.54, 1.807) is 0 Å². The zero-order valence-electron chi connectivity index (χ0n) is 16.6. The summed E-state index contributed by atoms with van der Waals surface area (Å²) in [6.45, 7) is 6.84. The largest absolute Gasteiger partial charge is 0.379 e. The lowest BCUT2D eigenvalue weighted by atomic mass is 9.98. The Kier molecular flexibility index (Phi) is 7.45. The predicted octanol–water partition coefficient (Wildman–Crippen LogP) is 1.91. The summed E-state index contributed by atoms with van der Waals surface area (Å²) < 4.78 is 31.5. The number of hydrogen-bond donors (Lipinski definition) is 1. The van der Waals surface area contributed by atoms with E-state index in [2.05, 4.69) is 16.3 Å². The van der Waals surface area contributed by atoms with Crippen molar-refractivity contribution >= 4 is 21.6 Å². The Bertz CT molecular complexity index is 762. The molecule has 1 aromatic carbocycles. The molecule has 2 heterocycles. The van der Waals surface area contributed by atoms with E-state index < -0.39 is 10.0 Å². The van der Waals surface area contributed by atoms with E-state index in [0.717, 1.165) is 56.9 Å². The summed E-state index contributed by atoms with van der Waals surface area (Å²) >= 11 is 0. The Balaban J connectivity index is 1.58. The fourth-order valence-corrected chi connectivity index (χ4v) is 5.39. The van der Waals surface area contributed by atoms with Gasteiger partial charge in [-0.1, -0.05) is 19.1 Å². The number of carbonyl (C=O) groups is 1. The maximum atomic E-state index is 12.7. The molecular weight excluding hydrogens is 378 g/mol. The number of anilines is 1. The fourth-order valence-electron chi connectivity index (χ4n) is 3.81. The fraction of sp³-hybridized carbons (Fsp3) is 0.650. The number of carbonyl (C=O) groups excluding carboxylic acids is 1. The van der Waals surface area contributed by atoms with Crippen molar-refractivity contribution in [3.05, 3.63) is 29.8 Å². The Morgan fingerprint density at radius 3 is 2.79 bits per heavy atom. The van der Waals surface area contributed by atoms with Crippen LogP contribution >= 0.6 is 0 Å². The first-order valence-corrected chi connectivity index (χ1v) is 11.8. The van der Waals surface area contributed by atoms with E-state index in [4.69, 9.17) is 4.74 Å². The van der Waals surface area contributed by atoms with Crippen molar-refractivity contribution in [2.24, 2.45) is 5.92 Å². The molecule has 2 aliphatic heterocycles. The Morgan fingerprint density at radius 1 is 1.25 bits per heavy atom. The molecule has 1 unspecified atom stereocenters. The van der Waals surface area contributed by atoms with Crippen molar-refractivity contribution in [3.63, 3.8) is 0 Å². The first-order chi connectivity index (χ1) is 13.5. The Hall–Kier alpha value is -1.48. The molecule has 1 N–H and O–H groups in total. The van der Waals surface area contributed by atoms with E-state index in [1.807, 2.05) is 25.1 Å². The lowest BCUT2D eigenvalue weighted by Gasteiger charge is -2.31. The molecule has 0 radical (unpaired) electrons. The smallest absolute Gasteiger partial charge is 0.228 e. The second kappa shape index (κ2) is 9.82. The summed E-state index contributed by atoms with van der Waals surface area (Å²) in [5.74, 6) is -0.256. The first-order valence-electron chi connectivity index (χ1n) is 10.2. The molecular formula is C20H31N3O4S. The maximum Gasteiger partial charge on any atom is 0.228 e. The van der Waals surface area contributed by atoms with Crippen LogP contribution in [-0.2, 0) is 26.1 Å². The van der Waals surface area contributed by atoms with Crippen LogP contribution < -0.4 is 5.32 Å². The van der Waals surface area contributed by atoms with E-state index in [-0.39, 0.29) is 24.1 Å². The molecule has 28 heavy (non-hydrogen) atoms. The van der Waals surface area contributed by atoms with Crippen LogP contribution in [0.3, 0.4) is 0 Å². The van der Waals surface area contributed by atoms with E-state index in [1.165, 1.54) is 4.31 Å². The van der Waals surface area contributed by atoms with Gasteiger partial charge in [-0.3, -0.25) is 9.69 Å². The molecule has 1 amide bonds. The second-order valence-electron chi connectivity index (χ2n) is 7.59. The topological polar surface area (TPSA) is 79.0 Å². The van der Waals surface area contributed by atoms with Crippen molar-refractivity contribution < 1.29 is 17.9 Å². The van der Waals surface area contributed by atoms with E-state index in [0.29, 0.717) is 13.0 Å². The molecule has 2 aliphatic rings. The molecule has 7 nitrogen and oxygen atoms in total. The molecule has 3 rings (SSSR count). The number of amides is 1. The van der Waals surface area contributed by atoms with Crippen molar-refractivity contribution in [3.8, 4) is 0 Å². The number of ether oxygens (including phenoxy) is 1. The van der Waals surface area contributed by atoms with Gasteiger partial charge in [0, 0.05) is 38.4 Å². The van der Waals surface area contributed by atoms with Gasteiger partial charge in [0.25, 0.3) is 0 Å². The van der Waals surface area contributed by atoms with Gasteiger partial charge in [0.05, 0.1) is 24.9 Å². The summed E-state index contributed by atoms with van der Waals surface area (Å²) in [5, 5.41) is 2.99. The van der Waals surface area contributed by atoms with Gasteiger partial charge in [-0.15, -0.1) is 0 Å². The van der Waals surface area contributed by atoms with Gasteiger partial charge in [-0.25, -0.2) is 12.7 Å². The quantitative estimate of drug-likeness (QED) is 0.744. The molecule has 0 aromatic heterocycles. The third-order valence-corrected chi connectivity index (χ3v) is 7.36. The first kappa shape index (κ1) is 21.2. The minimum atomic E-state index is -3.26. The SMILES string of the molecule is CCCS(=O)(=O)N1CCCC(C(=O)Nc2cccc(CN3CCOCC3)c2)C1. The normalized spacial score (nSPS) is 22.1. The van der Waals surface area contributed by atoms with Crippen LogP contribution in [0.15, 0.2) is 24.3 Å². The van der Waals surface area contributed by atoms with Gasteiger partial charge in [0.15, 0.2) is 0 Å². The van der Waals surface area contributed by atoms with Gasteiger partial charge < -0.3 is 10.1 Å². The Morgan fingerprint density at radius 2 is 2.04 bits per heavy atom. The molecule has 8 heteroatoms. The molecule has 0 bridgehead atoms. The third kappa shape index (κ3) is 5.76. The van der Waals surface area contributed by atoms with Crippen molar-refractivity contribution in [1.29, 1.82) is 0 Å². The number of hydrogen-bond acceptors (Lipinski definition) is 5. The van der Waals surface area contributed by atoms with Crippen molar-refractivity contribution in [1.82, 2.24) is 9.21 Å². The second-order valence-corrected chi connectivity index (χ2v) is 9.68. The summed E-state index contributed by atoms with van der Waals surface area (Å²) in [4.78, 5) is 15.1. The minimum absolute atomic E-state index is 0.0973. The summed E-state index contributed by atoms with van der Waals surface area (Å²) in [6.07, 6.45) is 2.03. The summed E-state index contributed by atoms with van der Waals surface area (Å²) in [5.41, 5.74) is 1.92. The molecule has 0 aliphatic carbocycles. The van der Waals surface area contributed by atoms with Crippen molar-refractivity contribution in [2.45, 2.75) is 32.7 Å². The highest BCUT2D eigenvalue weighted by Gasteiger charge is 2.31. The standard InChI is InChI=1S/C20H31N3O4S/c1-2-13-28(25,26)23-8-4-6-18(16-23)20(24)21-19-7-3-5-17(14-19)15-22-9-11-27-12-10-22/h3,5,7,14,18H,2,4,6,8-13,15-16H2,1H3,(H,21,24). The molecule has 1 aromatic rings. The molecule has 156 valence electrons. The van der Waals surface area contributed by atoms with Crippen LogP contribution in [0.1, 0.15) is 31.7 Å². The number of nitrogens with zero attached hydrogens (tertiary/aromatic N) is 2. The molecule has 0 saturated carbocycles. The predicted molar refractivity (Wildman–Crippen MR) is 110 cm³/mol.